The molecule has 0 aliphatic carbocycles. The number of azo groups is 2. The Kier molecular flexibility index (Phi) is 13.8. The summed E-state index contributed by atoms with van der Waals surface area (Å²) in [6.07, 6.45) is 0. The number of nitrogens with zero attached hydrogens (tertiary/aromatic N) is 9. The van der Waals surface area contributed by atoms with Crippen molar-refractivity contribution in [1.82, 2.24) is 0 Å². The summed E-state index contributed by atoms with van der Waals surface area (Å²) >= 11 is 0. The van der Waals surface area contributed by atoms with Crippen LogP contribution in [0.25, 0.3) is 21.5 Å². The predicted octanol–water partition coefficient (Wildman–Crippen LogP) is 4.96. The van der Waals surface area contributed by atoms with Crippen LogP contribution in [0.2, 0.25) is 0 Å². The van der Waals surface area contributed by atoms with Gasteiger partial charge in [0.05, 0.1) is 48.5 Å². The SMILES string of the molecule is C=Nc1ccc2c([O-])c(N=Nc3c([O-])ccc([N+](=O)[O-])c3[N+](=O)[O-])cc(S(=O)(=O)O)c2c1.Nc1ccc2c([O-])c(N=Nc3cc([N+](=O)[O-])cc([N+](=O)[O-])c3[O-])cc(S(=O)(=O)O)c2c1.[Cr+3].[H+]. The van der Waals surface area contributed by atoms with E-state index in [1.54, 1.807) is 0 Å². The Bertz CT molecular complexity index is 3300. The second kappa shape index (κ2) is 18.3. The fraction of sp³-hybridized carbons (Fsp3) is 0. The molecule has 0 aromatic heterocycles. The first-order valence-electron chi connectivity index (χ1n) is 16.2. The molecule has 0 saturated heterocycles. The fourth-order valence-electron chi connectivity index (χ4n) is 5.47. The minimum atomic E-state index is -4.89. The van der Waals surface area contributed by atoms with Crippen molar-refractivity contribution in [3.05, 3.63) is 113 Å². The monoisotopic (exact) mass is 959 g/mol. The summed E-state index contributed by atoms with van der Waals surface area (Å²) in [6.45, 7) is 3.28. The van der Waals surface area contributed by atoms with Crippen molar-refractivity contribution in [2.75, 3.05) is 5.73 Å². The van der Waals surface area contributed by atoms with Crippen LogP contribution in [0.1, 0.15) is 1.43 Å². The van der Waals surface area contributed by atoms with Crippen LogP contribution < -0.4 is 26.2 Å². The molecule has 1 radical (unpaired) electrons. The Labute approximate surface area is 366 Å². The van der Waals surface area contributed by atoms with Crippen LogP contribution in [0.4, 0.5) is 56.9 Å². The molecule has 0 aliphatic rings. The van der Waals surface area contributed by atoms with Gasteiger partial charge in [0.15, 0.2) is 5.69 Å². The third-order valence-corrected chi connectivity index (χ3v) is 10.0. The molecule has 327 valence electrons. The van der Waals surface area contributed by atoms with Crippen molar-refractivity contribution in [2.45, 2.75) is 9.79 Å². The van der Waals surface area contributed by atoms with Gasteiger partial charge in [-0.3, -0.25) is 54.6 Å². The maximum atomic E-state index is 12.7. The van der Waals surface area contributed by atoms with Crippen molar-refractivity contribution >= 4 is 105 Å². The van der Waals surface area contributed by atoms with Gasteiger partial charge in [-0.1, -0.05) is 35.4 Å². The fourth-order valence-corrected chi connectivity index (χ4v) is 6.88. The normalized spacial score (nSPS) is 11.5. The molecule has 4 N–H and O–H groups in total. The molecule has 0 bridgehead atoms. The van der Waals surface area contributed by atoms with E-state index >= 15 is 0 Å². The Morgan fingerprint density at radius 2 is 1.05 bits per heavy atom. The molecule has 0 amide bonds. The van der Waals surface area contributed by atoms with E-state index in [1.165, 1.54) is 30.3 Å². The number of nitrogen functional groups attached to an aromatic ring is 1. The molecule has 0 heterocycles. The maximum absolute atomic E-state index is 12.7. The number of nitro benzene ring substituents is 4. The average Bonchev–Trinajstić information content (AvgIpc) is 3.19. The third-order valence-electron chi connectivity index (χ3n) is 8.24. The van der Waals surface area contributed by atoms with Crippen molar-refractivity contribution in [3.63, 3.8) is 0 Å². The Morgan fingerprint density at radius 3 is 1.52 bits per heavy atom. The second-order valence-electron chi connectivity index (χ2n) is 12.1. The third kappa shape index (κ3) is 9.89. The Morgan fingerprint density at radius 1 is 0.562 bits per heavy atom. The maximum Gasteiger partial charge on any atom is 3.00 e. The van der Waals surface area contributed by atoms with E-state index in [0.717, 1.165) is 6.07 Å². The molecular weight excluding hydrogens is 941 g/mol. The van der Waals surface area contributed by atoms with Crippen LogP contribution in [0, 0.1) is 40.5 Å². The van der Waals surface area contributed by atoms with Gasteiger partial charge in [0, 0.05) is 34.3 Å². The number of fused-ring (bicyclic) bond motifs is 2. The van der Waals surface area contributed by atoms with Gasteiger partial charge in [-0.25, -0.2) is 0 Å². The summed E-state index contributed by atoms with van der Waals surface area (Å²) in [5.41, 5.74) is -1.59. The number of nitrogens with two attached hydrogens (primary N) is 1. The van der Waals surface area contributed by atoms with E-state index < -0.39 is 118 Å². The number of anilines is 1. The molecular formula is C33H19CrN10O18S2. The summed E-state index contributed by atoms with van der Waals surface area (Å²) in [7, 11) is -9.74. The number of hydrogen-bond donors (Lipinski definition) is 3. The van der Waals surface area contributed by atoms with Gasteiger partial charge in [-0.15, -0.1) is 5.11 Å². The summed E-state index contributed by atoms with van der Waals surface area (Å²) in [5.74, 6) is -4.17. The summed E-state index contributed by atoms with van der Waals surface area (Å²) in [4.78, 5) is 41.9. The first-order chi connectivity index (χ1) is 29.3. The summed E-state index contributed by atoms with van der Waals surface area (Å²) in [5, 5.41) is 106. The minimum Gasteiger partial charge on any atom is -0.871 e. The molecule has 28 nitrogen and oxygen atoms in total. The van der Waals surface area contributed by atoms with Crippen LogP contribution in [-0.2, 0) is 37.6 Å². The second-order valence-corrected chi connectivity index (χ2v) is 14.9. The number of hydrogen-bond acceptors (Lipinski definition) is 22. The van der Waals surface area contributed by atoms with Crippen LogP contribution in [0.15, 0.2) is 108 Å². The number of nitro groups is 4. The van der Waals surface area contributed by atoms with Gasteiger partial charge in [-0.05, 0) is 53.9 Å². The van der Waals surface area contributed by atoms with Gasteiger partial charge in [0.25, 0.3) is 31.6 Å². The van der Waals surface area contributed by atoms with Crippen LogP contribution >= 0.6 is 0 Å². The van der Waals surface area contributed by atoms with E-state index in [4.69, 9.17) is 5.73 Å². The number of aliphatic imine (C=N–C) groups is 1. The zero-order chi connectivity index (χ0) is 46.9. The van der Waals surface area contributed by atoms with E-state index in [9.17, 15) is 86.8 Å². The van der Waals surface area contributed by atoms with Crippen LogP contribution in [0.3, 0.4) is 0 Å². The molecule has 0 aliphatic heterocycles. The quantitative estimate of drug-likeness (QED) is 0.0386. The zero-order valence-electron chi connectivity index (χ0n) is 31.9. The van der Waals surface area contributed by atoms with E-state index in [-0.39, 0.29) is 51.7 Å². The first-order valence-corrected chi connectivity index (χ1v) is 19.1. The number of rotatable bonds is 11. The number of benzene rings is 6. The zero-order valence-corrected chi connectivity index (χ0v) is 33.8. The van der Waals surface area contributed by atoms with Crippen molar-refractivity contribution in [3.8, 4) is 23.0 Å². The molecule has 0 spiro atoms. The average molecular weight is 960 g/mol. The van der Waals surface area contributed by atoms with Crippen molar-refractivity contribution < 1.29 is 84.8 Å². The molecule has 0 saturated carbocycles. The molecule has 64 heavy (non-hydrogen) atoms. The summed E-state index contributed by atoms with van der Waals surface area (Å²) in [6, 6.07) is 10.9. The topological polar surface area (TPSA) is 461 Å². The van der Waals surface area contributed by atoms with Gasteiger partial charge in [0.1, 0.15) is 9.79 Å². The molecule has 0 fully saturated rings. The van der Waals surface area contributed by atoms with Gasteiger partial charge >= 0.3 is 30.2 Å². The largest absolute Gasteiger partial charge is 3.00 e. The van der Waals surface area contributed by atoms with E-state index in [1.807, 2.05) is 0 Å². The minimum absolute atomic E-state index is 0. The summed E-state index contributed by atoms with van der Waals surface area (Å²) < 4.78 is 66.1. The van der Waals surface area contributed by atoms with Crippen LogP contribution in [0.5, 0.6) is 23.0 Å². The molecule has 6 aromatic rings. The molecule has 0 unspecified atom stereocenters. The van der Waals surface area contributed by atoms with Gasteiger partial charge in [0.2, 0.25) is 0 Å². The molecule has 31 heteroatoms. The van der Waals surface area contributed by atoms with E-state index in [0.29, 0.717) is 36.4 Å². The first kappa shape index (κ1) is 48.3. The van der Waals surface area contributed by atoms with Crippen molar-refractivity contribution in [2.24, 2.45) is 25.4 Å². The Balaban J connectivity index is 0.000000335. The predicted molar refractivity (Wildman–Crippen MR) is 208 cm³/mol. The van der Waals surface area contributed by atoms with Gasteiger partial charge < -0.3 is 26.2 Å². The molecule has 6 rings (SSSR count). The smallest absolute Gasteiger partial charge is 0.871 e. The van der Waals surface area contributed by atoms with E-state index in [2.05, 4.69) is 32.2 Å². The number of non-ortho nitro benzene ring substituents is 1. The van der Waals surface area contributed by atoms with Crippen LogP contribution in [-0.4, -0.2) is 52.4 Å². The molecule has 6 aromatic carbocycles. The Hall–Kier alpha value is -8.34. The molecule has 0 atom stereocenters. The standard InChI is InChI=1S/C17H11N5O9S.C16H11N5O9S.Cr/c1-18-8-2-3-9-10(6-8)14(32(29,30)31)7-11(17(9)24)19-20-15-13(23)5-4-12(21(25)26)16(15)22(27)28;17-7-1-2-9-10(3-7)14(31(28,29)30)6-12(15(9)22)19-18-11-4-8(20(24)25)5-13(16(11)23)21(26)27;/h2-7,23-24H,1H2,(H,29,30,31);1-6,22-23H,17H2,(H,28,29,30);/q;;+3/p-3. The van der Waals surface area contributed by atoms with Crippen molar-refractivity contribution in [1.29, 1.82) is 0 Å². The van der Waals surface area contributed by atoms with Gasteiger partial charge in [-0.2, -0.15) is 32.2 Å².